The molecule has 0 unspecified atom stereocenters. The van der Waals surface area contributed by atoms with E-state index >= 15 is 0 Å². The number of hydrogen-bond donors (Lipinski definition) is 2. The fraction of sp³-hybridized carbons (Fsp3) is 0.318. The Hall–Kier alpha value is -2.55. The van der Waals surface area contributed by atoms with Gasteiger partial charge in [0.25, 0.3) is 0 Å². The Bertz CT molecular complexity index is 781. The van der Waals surface area contributed by atoms with E-state index in [4.69, 9.17) is 5.11 Å². The van der Waals surface area contributed by atoms with Gasteiger partial charge in [0, 0.05) is 11.6 Å². The quantitative estimate of drug-likeness (QED) is 0.737. The average molecular weight is 336 g/mol. The molecule has 0 spiro atoms. The monoisotopic (exact) mass is 336 g/mol. The number of hydrogen-bond acceptors (Lipinski definition) is 2. The number of aliphatic carboxylic acids is 1. The molecule has 0 amide bonds. The highest BCUT2D eigenvalue weighted by molar-refractivity contribution is 5.85. The lowest BCUT2D eigenvalue weighted by atomic mass is 9.70. The molecule has 0 atom stereocenters. The fourth-order valence-corrected chi connectivity index (χ4v) is 3.75. The molecule has 1 aliphatic carbocycles. The third-order valence-electron chi connectivity index (χ3n) is 5.27. The number of benzene rings is 2. The number of rotatable bonds is 4. The van der Waals surface area contributed by atoms with Gasteiger partial charge in [-0.25, -0.2) is 4.79 Å². The lowest BCUT2D eigenvalue weighted by Crippen LogP contribution is -2.25. The molecule has 130 valence electrons. The summed E-state index contributed by atoms with van der Waals surface area (Å²) in [5, 5.41) is 19.1. The molecular weight excluding hydrogens is 312 g/mol. The summed E-state index contributed by atoms with van der Waals surface area (Å²) in [5.74, 6) is -0.567. The van der Waals surface area contributed by atoms with Crippen LogP contribution in [0.3, 0.4) is 0 Å². The Balaban J connectivity index is 1.90. The van der Waals surface area contributed by atoms with Crippen LogP contribution in [0.1, 0.15) is 50.2 Å². The van der Waals surface area contributed by atoms with Crippen LogP contribution in [0.5, 0.6) is 5.75 Å². The summed E-state index contributed by atoms with van der Waals surface area (Å²) < 4.78 is 0. The molecule has 1 saturated carbocycles. The van der Waals surface area contributed by atoms with Crippen LogP contribution in [0.25, 0.3) is 17.2 Å². The van der Waals surface area contributed by atoms with Gasteiger partial charge in [-0.15, -0.1) is 0 Å². The number of phenolic OH excluding ortho intramolecular Hbond substituents is 1. The van der Waals surface area contributed by atoms with Crippen LogP contribution < -0.4 is 0 Å². The summed E-state index contributed by atoms with van der Waals surface area (Å²) in [4.78, 5) is 10.6. The smallest absolute Gasteiger partial charge is 0.328 e. The third kappa shape index (κ3) is 3.93. The highest BCUT2D eigenvalue weighted by Gasteiger charge is 2.31. The van der Waals surface area contributed by atoms with Gasteiger partial charge in [0.15, 0.2) is 0 Å². The first kappa shape index (κ1) is 17.3. The molecule has 0 saturated heterocycles. The molecule has 2 aromatic rings. The van der Waals surface area contributed by atoms with E-state index in [0.29, 0.717) is 5.75 Å². The van der Waals surface area contributed by atoms with Gasteiger partial charge in [-0.05, 0) is 53.2 Å². The van der Waals surface area contributed by atoms with Gasteiger partial charge in [-0.3, -0.25) is 0 Å². The summed E-state index contributed by atoms with van der Waals surface area (Å²) in [6, 6.07) is 13.6. The van der Waals surface area contributed by atoms with Gasteiger partial charge < -0.3 is 10.2 Å². The zero-order chi connectivity index (χ0) is 17.9. The van der Waals surface area contributed by atoms with Crippen LogP contribution in [-0.2, 0) is 10.2 Å². The standard InChI is InChI=1S/C22H24O3/c1-22(13-3-2-4-14-22)19-15-18(10-11-20(19)23)17-8-5-16(6-9-17)7-12-21(24)25/h5-12,15,23H,2-4,13-14H2,1H3,(H,24,25)/b12-7+. The zero-order valence-electron chi connectivity index (χ0n) is 14.5. The molecule has 1 aliphatic rings. The third-order valence-corrected chi connectivity index (χ3v) is 5.27. The van der Waals surface area contributed by atoms with Crippen LogP contribution in [0.15, 0.2) is 48.5 Å². The molecule has 1 fully saturated rings. The Kier molecular flexibility index (Phi) is 4.93. The number of aromatic hydroxyl groups is 1. The molecule has 2 aromatic carbocycles. The maximum atomic E-state index is 10.6. The van der Waals surface area contributed by atoms with E-state index < -0.39 is 5.97 Å². The number of carboxylic acid groups (broad SMARTS) is 1. The lowest BCUT2D eigenvalue weighted by molar-refractivity contribution is -0.131. The van der Waals surface area contributed by atoms with Gasteiger partial charge in [-0.1, -0.05) is 56.5 Å². The van der Waals surface area contributed by atoms with E-state index in [1.54, 1.807) is 12.1 Å². The molecule has 0 aromatic heterocycles. The normalized spacial score (nSPS) is 16.8. The van der Waals surface area contributed by atoms with Gasteiger partial charge in [0.1, 0.15) is 5.75 Å². The maximum absolute atomic E-state index is 10.6. The highest BCUT2D eigenvalue weighted by atomic mass is 16.4. The Morgan fingerprint density at radius 2 is 1.64 bits per heavy atom. The number of phenols is 1. The van der Waals surface area contributed by atoms with Crippen molar-refractivity contribution in [2.75, 3.05) is 0 Å². The molecule has 3 nitrogen and oxygen atoms in total. The maximum Gasteiger partial charge on any atom is 0.328 e. The highest BCUT2D eigenvalue weighted by Crippen LogP contribution is 2.43. The summed E-state index contributed by atoms with van der Waals surface area (Å²) in [5.41, 5.74) is 4.08. The van der Waals surface area contributed by atoms with Gasteiger partial charge in [0.05, 0.1) is 0 Å². The number of carbonyl (C=O) groups is 1. The first-order valence-electron chi connectivity index (χ1n) is 8.83. The molecule has 25 heavy (non-hydrogen) atoms. The van der Waals surface area contributed by atoms with Crippen molar-refractivity contribution >= 4 is 12.0 Å². The summed E-state index contributed by atoms with van der Waals surface area (Å²) in [7, 11) is 0. The van der Waals surface area contributed by atoms with Crippen molar-refractivity contribution in [3.05, 3.63) is 59.7 Å². The van der Waals surface area contributed by atoms with E-state index in [9.17, 15) is 9.90 Å². The van der Waals surface area contributed by atoms with Crippen molar-refractivity contribution in [1.29, 1.82) is 0 Å². The van der Waals surface area contributed by atoms with Crippen molar-refractivity contribution in [3.8, 4) is 16.9 Å². The zero-order valence-corrected chi connectivity index (χ0v) is 14.5. The fourth-order valence-electron chi connectivity index (χ4n) is 3.75. The Labute approximate surface area is 148 Å². The first-order chi connectivity index (χ1) is 12.0. The SMILES string of the molecule is CC1(c2cc(-c3ccc(/C=C/C(=O)O)cc3)ccc2O)CCCCC1. The van der Waals surface area contributed by atoms with Crippen molar-refractivity contribution in [1.82, 2.24) is 0 Å². The van der Waals surface area contributed by atoms with Gasteiger partial charge in [-0.2, -0.15) is 0 Å². The van der Waals surface area contributed by atoms with Crippen LogP contribution in [-0.4, -0.2) is 16.2 Å². The van der Waals surface area contributed by atoms with Crippen LogP contribution in [0.4, 0.5) is 0 Å². The van der Waals surface area contributed by atoms with Crippen LogP contribution >= 0.6 is 0 Å². The minimum Gasteiger partial charge on any atom is -0.508 e. The minimum absolute atomic E-state index is 0.0442. The predicted octanol–water partition coefficient (Wildman–Crippen LogP) is 5.38. The van der Waals surface area contributed by atoms with Crippen molar-refractivity contribution in [2.45, 2.75) is 44.4 Å². The second-order valence-electron chi connectivity index (χ2n) is 7.15. The largest absolute Gasteiger partial charge is 0.508 e. The predicted molar refractivity (Wildman–Crippen MR) is 101 cm³/mol. The molecular formula is C22H24O3. The van der Waals surface area contributed by atoms with E-state index in [1.807, 2.05) is 30.3 Å². The van der Waals surface area contributed by atoms with Gasteiger partial charge >= 0.3 is 5.97 Å². The van der Waals surface area contributed by atoms with Gasteiger partial charge in [0.2, 0.25) is 0 Å². The summed E-state index contributed by atoms with van der Waals surface area (Å²) in [6.45, 7) is 2.25. The lowest BCUT2D eigenvalue weighted by Gasteiger charge is -2.34. The summed E-state index contributed by atoms with van der Waals surface area (Å²) >= 11 is 0. The molecule has 3 heteroatoms. The topological polar surface area (TPSA) is 57.5 Å². The second-order valence-corrected chi connectivity index (χ2v) is 7.15. The molecule has 0 bridgehead atoms. The van der Waals surface area contributed by atoms with Crippen LogP contribution in [0, 0.1) is 0 Å². The van der Waals surface area contributed by atoms with Crippen molar-refractivity contribution < 1.29 is 15.0 Å². The Morgan fingerprint density at radius 3 is 2.28 bits per heavy atom. The molecule has 0 heterocycles. The van der Waals surface area contributed by atoms with E-state index in [0.717, 1.165) is 41.2 Å². The van der Waals surface area contributed by atoms with E-state index in [-0.39, 0.29) is 5.41 Å². The minimum atomic E-state index is -0.951. The molecule has 0 aliphatic heterocycles. The van der Waals surface area contributed by atoms with E-state index in [2.05, 4.69) is 13.0 Å². The average Bonchev–Trinajstić information content (AvgIpc) is 2.61. The molecule has 0 radical (unpaired) electrons. The van der Waals surface area contributed by atoms with Crippen molar-refractivity contribution in [3.63, 3.8) is 0 Å². The Morgan fingerprint density at radius 1 is 1.00 bits per heavy atom. The molecule has 2 N–H and O–H groups in total. The second kappa shape index (κ2) is 7.14. The van der Waals surface area contributed by atoms with E-state index in [1.165, 1.54) is 19.3 Å². The van der Waals surface area contributed by atoms with Crippen LogP contribution in [0.2, 0.25) is 0 Å². The molecule has 3 rings (SSSR count). The summed E-state index contributed by atoms with van der Waals surface area (Å²) in [6.07, 6.45) is 8.65. The number of carboxylic acids is 1. The first-order valence-corrected chi connectivity index (χ1v) is 8.83. The van der Waals surface area contributed by atoms with Crippen molar-refractivity contribution in [2.24, 2.45) is 0 Å².